The third kappa shape index (κ3) is 3.31. The topological polar surface area (TPSA) is 54.4 Å². The van der Waals surface area contributed by atoms with E-state index in [-0.39, 0.29) is 5.78 Å². The number of ketones is 1. The van der Waals surface area contributed by atoms with Crippen LogP contribution in [0.3, 0.4) is 0 Å². The molecule has 0 fully saturated rings. The highest BCUT2D eigenvalue weighted by molar-refractivity contribution is 14.1. The Bertz CT molecular complexity index is 478. The first-order valence-electron chi connectivity index (χ1n) is 5.83. The van der Waals surface area contributed by atoms with Crippen molar-refractivity contribution in [1.29, 1.82) is 0 Å². The fraction of sp³-hybridized carbons (Fsp3) is 0.429. The Morgan fingerprint density at radius 2 is 1.94 bits per heavy atom. The van der Waals surface area contributed by atoms with E-state index in [2.05, 4.69) is 29.5 Å². The summed E-state index contributed by atoms with van der Waals surface area (Å²) >= 11 is 2.25. The van der Waals surface area contributed by atoms with Gasteiger partial charge in [-0.15, -0.1) is 0 Å². The van der Waals surface area contributed by atoms with E-state index in [1.165, 1.54) is 5.56 Å². The van der Waals surface area contributed by atoms with Crippen molar-refractivity contribution in [2.24, 2.45) is 0 Å². The van der Waals surface area contributed by atoms with Gasteiger partial charge in [0.25, 0.3) is 0 Å². The van der Waals surface area contributed by atoms with Gasteiger partial charge in [-0.25, -0.2) is 0 Å². The van der Waals surface area contributed by atoms with Crippen LogP contribution in [0.25, 0.3) is 0 Å². The average Bonchev–Trinajstić information content (AvgIpc) is 2.27. The summed E-state index contributed by atoms with van der Waals surface area (Å²) < 4.78 is 1.11. The van der Waals surface area contributed by atoms with Gasteiger partial charge in [-0.3, -0.25) is 9.59 Å². The van der Waals surface area contributed by atoms with E-state index in [4.69, 9.17) is 5.11 Å². The summed E-state index contributed by atoms with van der Waals surface area (Å²) in [6.45, 7) is 5.63. The van der Waals surface area contributed by atoms with Crippen LogP contribution < -0.4 is 0 Å². The molecule has 0 atom stereocenters. The molecule has 0 amide bonds. The number of hydrogen-bond donors (Lipinski definition) is 1. The van der Waals surface area contributed by atoms with E-state index in [0.29, 0.717) is 0 Å². The predicted octanol–water partition coefficient (Wildman–Crippen LogP) is 3.18. The smallest absolute Gasteiger partial charge is 0.310 e. The molecule has 0 aromatic heterocycles. The zero-order valence-electron chi connectivity index (χ0n) is 10.8. The number of carboxylic acid groups (broad SMARTS) is 1. The largest absolute Gasteiger partial charge is 0.481 e. The van der Waals surface area contributed by atoms with Crippen molar-refractivity contribution < 1.29 is 14.7 Å². The van der Waals surface area contributed by atoms with Crippen molar-refractivity contribution in [3.8, 4) is 0 Å². The van der Waals surface area contributed by atoms with Crippen LogP contribution in [-0.4, -0.2) is 16.9 Å². The molecular weight excluding hydrogens is 343 g/mol. The summed E-state index contributed by atoms with van der Waals surface area (Å²) in [7, 11) is 0. The van der Waals surface area contributed by atoms with Gasteiger partial charge in [0.15, 0.2) is 5.78 Å². The lowest BCUT2D eigenvalue weighted by Crippen LogP contribution is -2.31. The van der Waals surface area contributed by atoms with Gasteiger partial charge in [-0.05, 0) is 60.1 Å². The Labute approximate surface area is 121 Å². The lowest BCUT2D eigenvalue weighted by molar-refractivity contribution is -0.141. The van der Waals surface area contributed by atoms with E-state index < -0.39 is 17.8 Å². The average molecular weight is 360 g/mol. The van der Waals surface area contributed by atoms with Crippen molar-refractivity contribution in [3.63, 3.8) is 0 Å². The highest BCUT2D eigenvalue weighted by Gasteiger charge is 2.31. The SMILES string of the molecule is CCc1ccc(C(C)(C)C(=O)CC(=O)O)cc1I. The maximum atomic E-state index is 12.0. The normalized spacial score (nSPS) is 11.3. The number of aliphatic carboxylic acids is 1. The summed E-state index contributed by atoms with van der Waals surface area (Å²) in [5.74, 6) is -1.34. The van der Waals surface area contributed by atoms with E-state index in [0.717, 1.165) is 15.6 Å². The summed E-state index contributed by atoms with van der Waals surface area (Å²) in [6.07, 6.45) is 0.515. The maximum absolute atomic E-state index is 12.0. The molecule has 0 saturated heterocycles. The molecule has 0 heterocycles. The molecule has 1 rings (SSSR count). The number of aryl methyl sites for hydroxylation is 1. The quantitative estimate of drug-likeness (QED) is 0.648. The maximum Gasteiger partial charge on any atom is 0.310 e. The number of halogens is 1. The van der Waals surface area contributed by atoms with Gasteiger partial charge in [0, 0.05) is 8.99 Å². The lowest BCUT2D eigenvalue weighted by Gasteiger charge is -2.23. The number of Topliss-reactive ketones (excluding diaryl/α,β-unsaturated/α-hetero) is 1. The van der Waals surface area contributed by atoms with Crippen molar-refractivity contribution in [2.75, 3.05) is 0 Å². The third-order valence-electron chi connectivity index (χ3n) is 3.16. The van der Waals surface area contributed by atoms with Crippen LogP contribution in [0.4, 0.5) is 0 Å². The molecule has 1 N–H and O–H groups in total. The molecule has 18 heavy (non-hydrogen) atoms. The minimum atomic E-state index is -1.08. The molecule has 3 nitrogen and oxygen atoms in total. The number of rotatable bonds is 5. The van der Waals surface area contributed by atoms with Crippen LogP contribution in [-0.2, 0) is 21.4 Å². The van der Waals surface area contributed by atoms with Gasteiger partial charge in [0.1, 0.15) is 6.42 Å². The number of benzene rings is 1. The Morgan fingerprint density at radius 3 is 2.39 bits per heavy atom. The van der Waals surface area contributed by atoms with Crippen LogP contribution in [0.15, 0.2) is 18.2 Å². The molecule has 0 radical (unpaired) electrons. The molecule has 4 heteroatoms. The Balaban J connectivity index is 3.08. The van der Waals surface area contributed by atoms with E-state index in [9.17, 15) is 9.59 Å². The first-order chi connectivity index (χ1) is 8.28. The van der Waals surface area contributed by atoms with Crippen LogP contribution in [0.1, 0.15) is 38.3 Å². The van der Waals surface area contributed by atoms with Gasteiger partial charge in [-0.2, -0.15) is 0 Å². The van der Waals surface area contributed by atoms with Crippen LogP contribution in [0, 0.1) is 3.57 Å². The molecule has 0 aliphatic heterocycles. The van der Waals surface area contributed by atoms with Crippen molar-refractivity contribution in [3.05, 3.63) is 32.9 Å². The highest BCUT2D eigenvalue weighted by atomic mass is 127. The monoisotopic (exact) mass is 360 g/mol. The van der Waals surface area contributed by atoms with E-state index >= 15 is 0 Å². The number of carboxylic acids is 1. The van der Waals surface area contributed by atoms with Crippen molar-refractivity contribution in [2.45, 2.75) is 39.0 Å². The number of hydrogen-bond acceptors (Lipinski definition) is 2. The van der Waals surface area contributed by atoms with E-state index in [1.807, 2.05) is 18.2 Å². The highest BCUT2D eigenvalue weighted by Crippen LogP contribution is 2.28. The summed E-state index contributed by atoms with van der Waals surface area (Å²) in [6, 6.07) is 5.90. The second-order valence-corrected chi connectivity index (χ2v) is 5.94. The fourth-order valence-electron chi connectivity index (χ4n) is 1.74. The second-order valence-electron chi connectivity index (χ2n) is 4.78. The predicted molar refractivity (Wildman–Crippen MR) is 78.8 cm³/mol. The van der Waals surface area contributed by atoms with E-state index in [1.54, 1.807) is 13.8 Å². The summed E-state index contributed by atoms with van der Waals surface area (Å²) in [5.41, 5.74) is 1.35. The van der Waals surface area contributed by atoms with Gasteiger partial charge in [0.2, 0.25) is 0 Å². The molecule has 0 spiro atoms. The van der Waals surface area contributed by atoms with Crippen molar-refractivity contribution >= 4 is 34.3 Å². The number of carbonyl (C=O) groups is 2. The third-order valence-corrected chi connectivity index (χ3v) is 4.17. The molecule has 1 aromatic carbocycles. The number of carbonyl (C=O) groups excluding carboxylic acids is 1. The van der Waals surface area contributed by atoms with Gasteiger partial charge < -0.3 is 5.11 Å². The summed E-state index contributed by atoms with van der Waals surface area (Å²) in [5, 5.41) is 8.71. The van der Waals surface area contributed by atoms with Gasteiger partial charge in [0.05, 0.1) is 0 Å². The second kappa shape index (κ2) is 5.82. The van der Waals surface area contributed by atoms with Gasteiger partial charge in [-0.1, -0.05) is 19.1 Å². The van der Waals surface area contributed by atoms with Gasteiger partial charge >= 0.3 is 5.97 Å². The fourth-order valence-corrected chi connectivity index (χ4v) is 2.64. The van der Waals surface area contributed by atoms with Crippen molar-refractivity contribution in [1.82, 2.24) is 0 Å². The molecule has 0 bridgehead atoms. The molecule has 0 aliphatic carbocycles. The lowest BCUT2D eigenvalue weighted by atomic mass is 9.79. The zero-order valence-corrected chi connectivity index (χ0v) is 12.9. The molecule has 0 saturated carbocycles. The molecule has 0 unspecified atom stereocenters. The molecule has 1 aromatic rings. The molecular formula is C14H17IO3. The Morgan fingerprint density at radius 1 is 1.33 bits per heavy atom. The first kappa shape index (κ1) is 15.1. The van der Waals surface area contributed by atoms with Crippen LogP contribution in [0.5, 0.6) is 0 Å². The standard InChI is InChI=1S/C14H17IO3/c1-4-9-5-6-10(7-11(9)15)14(2,3)12(16)8-13(17)18/h5-7H,4,8H2,1-3H3,(H,17,18). The summed E-state index contributed by atoms with van der Waals surface area (Å²) in [4.78, 5) is 22.6. The minimum Gasteiger partial charge on any atom is -0.481 e. The van der Waals surface area contributed by atoms with Crippen LogP contribution in [0.2, 0.25) is 0 Å². The Hall–Kier alpha value is -0.910. The Kier molecular flexibility index (Phi) is 4.90. The zero-order chi connectivity index (χ0) is 13.9. The van der Waals surface area contributed by atoms with Crippen LogP contribution >= 0.6 is 22.6 Å². The first-order valence-corrected chi connectivity index (χ1v) is 6.91. The molecule has 0 aliphatic rings. The molecule has 98 valence electrons. The minimum absolute atomic E-state index is 0.268.